The van der Waals surface area contributed by atoms with E-state index in [0.717, 1.165) is 12.0 Å². The second-order valence-electron chi connectivity index (χ2n) is 4.83. The Morgan fingerprint density at radius 3 is 3.00 bits per heavy atom. The van der Waals surface area contributed by atoms with Gasteiger partial charge in [-0.15, -0.1) is 0 Å². The van der Waals surface area contributed by atoms with Crippen molar-refractivity contribution in [3.63, 3.8) is 0 Å². The molecule has 19 heavy (non-hydrogen) atoms. The molecule has 5 nitrogen and oxygen atoms in total. The van der Waals surface area contributed by atoms with Crippen LogP contribution < -0.4 is 5.32 Å². The maximum absolute atomic E-state index is 12.0. The number of carbonyl (C=O) groups excluding carboxylic acids is 1. The minimum Gasteiger partial charge on any atom is -0.347 e. The smallest absolute Gasteiger partial charge is 0.270 e. The minimum atomic E-state index is -3.01. The second kappa shape index (κ2) is 5.69. The van der Waals surface area contributed by atoms with Crippen LogP contribution in [-0.2, 0) is 16.3 Å². The summed E-state index contributed by atoms with van der Waals surface area (Å²) in [5.74, 6) is -0.0350. The van der Waals surface area contributed by atoms with E-state index in [-0.39, 0.29) is 23.5 Å². The number of amides is 1. The van der Waals surface area contributed by atoms with Gasteiger partial charge in [0.1, 0.15) is 5.69 Å². The van der Waals surface area contributed by atoms with Gasteiger partial charge in [-0.1, -0.05) is 6.92 Å². The third-order valence-corrected chi connectivity index (χ3v) is 5.08. The lowest BCUT2D eigenvalue weighted by Gasteiger charge is -2.22. The lowest BCUT2D eigenvalue weighted by Crippen LogP contribution is -2.43. The van der Waals surface area contributed by atoms with Crippen molar-refractivity contribution in [2.75, 3.05) is 11.5 Å². The van der Waals surface area contributed by atoms with Crippen LogP contribution in [0.4, 0.5) is 0 Å². The van der Waals surface area contributed by atoms with Gasteiger partial charge in [0.05, 0.1) is 11.5 Å². The Morgan fingerprint density at radius 2 is 2.32 bits per heavy atom. The van der Waals surface area contributed by atoms with Crippen LogP contribution in [0, 0.1) is 0 Å². The average molecular weight is 282 g/mol. The van der Waals surface area contributed by atoms with Gasteiger partial charge in [-0.2, -0.15) is 0 Å². The molecule has 2 rings (SSSR count). The molecule has 6 heteroatoms. The molecule has 1 aromatic heterocycles. The van der Waals surface area contributed by atoms with Crippen molar-refractivity contribution in [1.29, 1.82) is 0 Å². The number of nitrogens with zero attached hydrogens (tertiary/aromatic N) is 1. The van der Waals surface area contributed by atoms with Crippen LogP contribution in [0.15, 0.2) is 18.3 Å². The topological polar surface area (TPSA) is 76.1 Å². The Bertz CT molecular complexity index is 569. The molecule has 1 fully saturated rings. The zero-order chi connectivity index (χ0) is 13.9. The number of rotatable bonds is 3. The Labute approximate surface area is 113 Å². The van der Waals surface area contributed by atoms with Crippen molar-refractivity contribution >= 4 is 15.7 Å². The third kappa shape index (κ3) is 3.76. The van der Waals surface area contributed by atoms with Crippen LogP contribution in [0.3, 0.4) is 0 Å². The number of carbonyl (C=O) groups is 1. The largest absolute Gasteiger partial charge is 0.347 e. The van der Waals surface area contributed by atoms with E-state index in [9.17, 15) is 13.2 Å². The summed E-state index contributed by atoms with van der Waals surface area (Å²) < 4.78 is 23.0. The average Bonchev–Trinajstić information content (AvgIpc) is 2.37. The van der Waals surface area contributed by atoms with Crippen molar-refractivity contribution in [3.8, 4) is 0 Å². The highest BCUT2D eigenvalue weighted by molar-refractivity contribution is 7.91. The van der Waals surface area contributed by atoms with Crippen molar-refractivity contribution in [1.82, 2.24) is 10.3 Å². The van der Waals surface area contributed by atoms with Crippen LogP contribution >= 0.6 is 0 Å². The molecule has 1 atom stereocenters. The van der Waals surface area contributed by atoms with Crippen molar-refractivity contribution in [2.45, 2.75) is 32.2 Å². The van der Waals surface area contributed by atoms with Gasteiger partial charge in [0.15, 0.2) is 9.84 Å². The fourth-order valence-corrected chi connectivity index (χ4v) is 3.85. The fourth-order valence-electron chi connectivity index (χ4n) is 2.21. The summed E-state index contributed by atoms with van der Waals surface area (Å²) in [7, 11) is -3.01. The highest BCUT2D eigenvalue weighted by Gasteiger charge is 2.26. The second-order valence-corrected chi connectivity index (χ2v) is 7.06. The molecule has 0 bridgehead atoms. The summed E-state index contributed by atoms with van der Waals surface area (Å²) in [5.41, 5.74) is 1.39. The summed E-state index contributed by atoms with van der Waals surface area (Å²) in [4.78, 5) is 16.1. The van der Waals surface area contributed by atoms with Gasteiger partial charge in [0.2, 0.25) is 0 Å². The maximum atomic E-state index is 12.0. The summed E-state index contributed by atoms with van der Waals surface area (Å²) >= 11 is 0. The van der Waals surface area contributed by atoms with Gasteiger partial charge in [-0.3, -0.25) is 9.78 Å². The molecule has 2 heterocycles. The van der Waals surface area contributed by atoms with Gasteiger partial charge in [-0.25, -0.2) is 8.42 Å². The van der Waals surface area contributed by atoms with E-state index in [4.69, 9.17) is 0 Å². The Balaban J connectivity index is 2.04. The normalized spacial score (nSPS) is 21.8. The molecule has 1 amide bonds. The van der Waals surface area contributed by atoms with E-state index in [0.29, 0.717) is 18.5 Å². The third-order valence-electron chi connectivity index (χ3n) is 3.26. The lowest BCUT2D eigenvalue weighted by atomic mass is 10.1. The summed E-state index contributed by atoms with van der Waals surface area (Å²) in [6, 6.07) is 3.31. The summed E-state index contributed by atoms with van der Waals surface area (Å²) in [6.45, 7) is 2.00. The van der Waals surface area contributed by atoms with Crippen LogP contribution in [0.1, 0.15) is 35.8 Å². The fraction of sp³-hybridized carbons (Fsp3) is 0.538. The van der Waals surface area contributed by atoms with Crippen LogP contribution in [0.25, 0.3) is 0 Å². The zero-order valence-electron chi connectivity index (χ0n) is 10.9. The first-order valence-electron chi connectivity index (χ1n) is 6.46. The first kappa shape index (κ1) is 14.0. The highest BCUT2D eigenvalue weighted by Crippen LogP contribution is 2.12. The number of nitrogens with one attached hydrogen (secondary N) is 1. The molecule has 1 aliphatic rings. The molecule has 0 aliphatic carbocycles. The number of aromatic nitrogens is 1. The van der Waals surface area contributed by atoms with E-state index < -0.39 is 9.84 Å². The van der Waals surface area contributed by atoms with E-state index >= 15 is 0 Å². The van der Waals surface area contributed by atoms with Gasteiger partial charge < -0.3 is 5.32 Å². The summed E-state index contributed by atoms with van der Waals surface area (Å²) in [6.07, 6.45) is 3.75. The molecule has 1 N–H and O–H groups in total. The first-order chi connectivity index (χ1) is 9.00. The molecule has 1 unspecified atom stereocenters. The quantitative estimate of drug-likeness (QED) is 0.895. The first-order valence-corrected chi connectivity index (χ1v) is 8.28. The Hall–Kier alpha value is -1.43. The predicted molar refractivity (Wildman–Crippen MR) is 72.8 cm³/mol. The van der Waals surface area contributed by atoms with Gasteiger partial charge >= 0.3 is 0 Å². The van der Waals surface area contributed by atoms with Crippen molar-refractivity contribution in [3.05, 3.63) is 29.6 Å². The molecule has 0 aromatic carbocycles. The number of aryl methyl sites for hydroxylation is 1. The molecular weight excluding hydrogens is 264 g/mol. The van der Waals surface area contributed by atoms with E-state index in [1.54, 1.807) is 12.3 Å². The number of sulfone groups is 1. The van der Waals surface area contributed by atoms with Gasteiger partial charge in [-0.05, 0) is 37.0 Å². The van der Waals surface area contributed by atoms with Gasteiger partial charge in [0.25, 0.3) is 5.91 Å². The zero-order valence-corrected chi connectivity index (χ0v) is 11.7. The number of pyridine rings is 1. The van der Waals surface area contributed by atoms with Crippen molar-refractivity contribution < 1.29 is 13.2 Å². The number of hydrogen-bond donors (Lipinski definition) is 1. The Kier molecular flexibility index (Phi) is 4.19. The summed E-state index contributed by atoms with van der Waals surface area (Å²) in [5, 5.41) is 2.76. The minimum absolute atomic E-state index is 0.0339. The van der Waals surface area contributed by atoms with Crippen LogP contribution in [0.5, 0.6) is 0 Å². The molecule has 0 radical (unpaired) electrons. The van der Waals surface area contributed by atoms with Crippen LogP contribution in [0.2, 0.25) is 0 Å². The monoisotopic (exact) mass is 282 g/mol. The van der Waals surface area contributed by atoms with E-state index in [1.807, 2.05) is 13.0 Å². The highest BCUT2D eigenvalue weighted by atomic mass is 32.2. The molecule has 0 saturated carbocycles. The molecule has 1 aliphatic heterocycles. The molecule has 1 aromatic rings. The van der Waals surface area contributed by atoms with Crippen LogP contribution in [-0.4, -0.2) is 36.9 Å². The maximum Gasteiger partial charge on any atom is 0.270 e. The van der Waals surface area contributed by atoms with Gasteiger partial charge in [0, 0.05) is 12.2 Å². The SMILES string of the molecule is CCc1ccnc(C(=O)NC2CCCS(=O)(=O)C2)c1. The molecular formula is C13H18N2O3S. The predicted octanol–water partition coefficient (Wildman–Crippen LogP) is 0.951. The van der Waals surface area contributed by atoms with E-state index in [2.05, 4.69) is 10.3 Å². The molecule has 0 spiro atoms. The number of hydrogen-bond acceptors (Lipinski definition) is 4. The lowest BCUT2D eigenvalue weighted by molar-refractivity contribution is 0.0933. The molecule has 1 saturated heterocycles. The molecule has 104 valence electrons. The van der Waals surface area contributed by atoms with Crippen molar-refractivity contribution in [2.24, 2.45) is 0 Å². The van der Waals surface area contributed by atoms with E-state index in [1.165, 1.54) is 0 Å². The Morgan fingerprint density at radius 1 is 1.53 bits per heavy atom. The standard InChI is InChI=1S/C13H18N2O3S/c1-2-10-5-6-14-12(8-10)13(16)15-11-4-3-7-19(17,18)9-11/h5-6,8,11H,2-4,7,9H2,1H3,(H,15,16).